The molecule has 0 aliphatic heterocycles. The van der Waals surface area contributed by atoms with Gasteiger partial charge in [-0.1, -0.05) is 48.5 Å². The largest absolute Gasteiger partial charge is 0.439 e. The van der Waals surface area contributed by atoms with Crippen molar-refractivity contribution in [3.8, 4) is 11.3 Å². The summed E-state index contributed by atoms with van der Waals surface area (Å²) in [6, 6.07) is 20.4. The van der Waals surface area contributed by atoms with Gasteiger partial charge in [-0.05, 0) is 19.1 Å². The summed E-state index contributed by atoms with van der Waals surface area (Å²) in [4.78, 5) is 6.63. The third-order valence-corrected chi connectivity index (χ3v) is 3.44. The molecule has 3 heteroatoms. The van der Waals surface area contributed by atoms with Crippen LogP contribution >= 0.6 is 0 Å². The molecule has 0 fully saturated rings. The molecule has 0 aliphatic carbocycles. The Morgan fingerprint density at radius 1 is 0.952 bits per heavy atom. The molecular formula is C18H18N2O. The highest BCUT2D eigenvalue weighted by Crippen LogP contribution is 2.22. The minimum atomic E-state index is 0.674. The van der Waals surface area contributed by atoms with Crippen LogP contribution in [0.3, 0.4) is 0 Å². The highest BCUT2D eigenvalue weighted by Gasteiger charge is 2.10. The van der Waals surface area contributed by atoms with Crippen LogP contribution in [-0.4, -0.2) is 11.5 Å². The van der Waals surface area contributed by atoms with E-state index in [0.717, 1.165) is 23.8 Å². The summed E-state index contributed by atoms with van der Waals surface area (Å²) >= 11 is 0. The van der Waals surface area contributed by atoms with E-state index in [1.165, 1.54) is 5.69 Å². The number of hydrogen-bond donors (Lipinski definition) is 0. The molecule has 2 aromatic carbocycles. The van der Waals surface area contributed by atoms with Crippen molar-refractivity contribution >= 4 is 5.69 Å². The SMILES string of the molecule is CCN(Cc1ncc(-c2ccccc2)o1)c1ccccc1. The molecule has 0 amide bonds. The van der Waals surface area contributed by atoms with Gasteiger partial charge in [0, 0.05) is 17.8 Å². The highest BCUT2D eigenvalue weighted by molar-refractivity contribution is 5.56. The molecule has 0 N–H and O–H groups in total. The van der Waals surface area contributed by atoms with Crippen LogP contribution in [0.4, 0.5) is 5.69 Å². The van der Waals surface area contributed by atoms with E-state index in [2.05, 4.69) is 28.9 Å². The average molecular weight is 278 g/mol. The molecule has 0 unspecified atom stereocenters. The first-order chi connectivity index (χ1) is 10.4. The number of nitrogens with zero attached hydrogens (tertiary/aromatic N) is 2. The Balaban J connectivity index is 1.78. The number of hydrogen-bond acceptors (Lipinski definition) is 3. The summed E-state index contributed by atoms with van der Waals surface area (Å²) in [6.07, 6.45) is 1.80. The lowest BCUT2D eigenvalue weighted by molar-refractivity contribution is 0.500. The van der Waals surface area contributed by atoms with Gasteiger partial charge in [0.15, 0.2) is 5.76 Å². The Morgan fingerprint density at radius 3 is 2.29 bits per heavy atom. The van der Waals surface area contributed by atoms with Gasteiger partial charge in [-0.3, -0.25) is 0 Å². The zero-order chi connectivity index (χ0) is 14.5. The smallest absolute Gasteiger partial charge is 0.214 e. The Hall–Kier alpha value is -2.55. The topological polar surface area (TPSA) is 29.3 Å². The first-order valence-electron chi connectivity index (χ1n) is 7.17. The van der Waals surface area contributed by atoms with E-state index in [0.29, 0.717) is 6.54 Å². The van der Waals surface area contributed by atoms with Gasteiger partial charge in [0.2, 0.25) is 5.89 Å². The quantitative estimate of drug-likeness (QED) is 0.694. The Bertz CT molecular complexity index is 677. The molecule has 0 saturated carbocycles. The van der Waals surface area contributed by atoms with E-state index in [4.69, 9.17) is 4.42 Å². The summed E-state index contributed by atoms with van der Waals surface area (Å²) in [7, 11) is 0. The Kier molecular flexibility index (Phi) is 4.01. The van der Waals surface area contributed by atoms with Crippen molar-refractivity contribution in [2.24, 2.45) is 0 Å². The van der Waals surface area contributed by atoms with E-state index < -0.39 is 0 Å². The van der Waals surface area contributed by atoms with Crippen LogP contribution in [-0.2, 0) is 6.54 Å². The van der Waals surface area contributed by atoms with Gasteiger partial charge < -0.3 is 9.32 Å². The molecule has 0 atom stereocenters. The van der Waals surface area contributed by atoms with Crippen molar-refractivity contribution in [1.82, 2.24) is 4.98 Å². The van der Waals surface area contributed by atoms with Crippen LogP contribution in [0.5, 0.6) is 0 Å². The molecule has 106 valence electrons. The van der Waals surface area contributed by atoms with Crippen LogP contribution < -0.4 is 4.90 Å². The lowest BCUT2D eigenvalue weighted by Gasteiger charge is -2.21. The van der Waals surface area contributed by atoms with Gasteiger partial charge in [-0.25, -0.2) is 4.98 Å². The lowest BCUT2D eigenvalue weighted by Crippen LogP contribution is -2.21. The molecule has 1 aromatic heterocycles. The van der Waals surface area contributed by atoms with Crippen molar-refractivity contribution in [2.75, 3.05) is 11.4 Å². The minimum Gasteiger partial charge on any atom is -0.439 e. The Labute approximate surface area is 124 Å². The fourth-order valence-corrected chi connectivity index (χ4v) is 2.31. The standard InChI is InChI=1S/C18H18N2O/c1-2-20(16-11-7-4-8-12-16)14-18-19-13-17(21-18)15-9-5-3-6-10-15/h3-13H,2,14H2,1H3. The highest BCUT2D eigenvalue weighted by atomic mass is 16.4. The fraction of sp³-hybridized carbons (Fsp3) is 0.167. The van der Waals surface area contributed by atoms with Gasteiger partial charge >= 0.3 is 0 Å². The van der Waals surface area contributed by atoms with Crippen LogP contribution in [0.25, 0.3) is 11.3 Å². The van der Waals surface area contributed by atoms with Crippen LogP contribution in [0.1, 0.15) is 12.8 Å². The second-order valence-corrected chi connectivity index (χ2v) is 4.83. The summed E-state index contributed by atoms with van der Waals surface area (Å²) in [5.41, 5.74) is 2.23. The average Bonchev–Trinajstić information content (AvgIpc) is 3.03. The molecule has 0 spiro atoms. The minimum absolute atomic E-state index is 0.674. The maximum atomic E-state index is 5.87. The lowest BCUT2D eigenvalue weighted by atomic mass is 10.2. The number of aromatic nitrogens is 1. The van der Waals surface area contributed by atoms with E-state index in [1.807, 2.05) is 48.5 Å². The first kappa shape index (κ1) is 13.4. The number of rotatable bonds is 5. The summed E-state index contributed by atoms with van der Waals surface area (Å²) in [5.74, 6) is 1.55. The predicted molar refractivity (Wildman–Crippen MR) is 85.1 cm³/mol. The molecule has 0 radical (unpaired) electrons. The third-order valence-electron chi connectivity index (χ3n) is 3.44. The maximum Gasteiger partial charge on any atom is 0.214 e. The van der Waals surface area contributed by atoms with E-state index >= 15 is 0 Å². The summed E-state index contributed by atoms with van der Waals surface area (Å²) in [5, 5.41) is 0. The zero-order valence-corrected chi connectivity index (χ0v) is 12.1. The monoisotopic (exact) mass is 278 g/mol. The fourth-order valence-electron chi connectivity index (χ4n) is 2.31. The molecule has 1 heterocycles. The molecule has 0 saturated heterocycles. The molecule has 3 rings (SSSR count). The van der Waals surface area contributed by atoms with E-state index in [9.17, 15) is 0 Å². The molecule has 3 nitrogen and oxygen atoms in total. The number of oxazole rings is 1. The van der Waals surface area contributed by atoms with Gasteiger partial charge in [0.05, 0.1) is 12.7 Å². The van der Waals surface area contributed by atoms with Gasteiger partial charge in [0.25, 0.3) is 0 Å². The predicted octanol–water partition coefficient (Wildman–Crippen LogP) is 4.37. The van der Waals surface area contributed by atoms with E-state index in [-0.39, 0.29) is 0 Å². The number of benzene rings is 2. The molecular weight excluding hydrogens is 260 g/mol. The van der Waals surface area contributed by atoms with Crippen LogP contribution in [0, 0.1) is 0 Å². The van der Waals surface area contributed by atoms with Crippen molar-refractivity contribution in [1.29, 1.82) is 0 Å². The van der Waals surface area contributed by atoms with Crippen molar-refractivity contribution in [3.63, 3.8) is 0 Å². The Morgan fingerprint density at radius 2 is 1.62 bits per heavy atom. The number of para-hydroxylation sites is 1. The van der Waals surface area contributed by atoms with Crippen molar-refractivity contribution in [3.05, 3.63) is 72.8 Å². The summed E-state index contributed by atoms with van der Waals surface area (Å²) in [6.45, 7) is 3.72. The van der Waals surface area contributed by atoms with Crippen LogP contribution in [0.15, 0.2) is 71.3 Å². The second kappa shape index (κ2) is 6.27. The molecule has 0 aliphatic rings. The van der Waals surface area contributed by atoms with Crippen LogP contribution in [0.2, 0.25) is 0 Å². The van der Waals surface area contributed by atoms with Gasteiger partial charge in [-0.15, -0.1) is 0 Å². The van der Waals surface area contributed by atoms with Gasteiger partial charge in [0.1, 0.15) is 0 Å². The first-order valence-corrected chi connectivity index (χ1v) is 7.17. The van der Waals surface area contributed by atoms with Gasteiger partial charge in [-0.2, -0.15) is 0 Å². The maximum absolute atomic E-state index is 5.87. The van der Waals surface area contributed by atoms with Crippen molar-refractivity contribution < 1.29 is 4.42 Å². The summed E-state index contributed by atoms with van der Waals surface area (Å²) < 4.78 is 5.87. The third kappa shape index (κ3) is 3.14. The van der Waals surface area contributed by atoms with Crippen molar-refractivity contribution in [2.45, 2.75) is 13.5 Å². The molecule has 3 aromatic rings. The van der Waals surface area contributed by atoms with E-state index in [1.54, 1.807) is 6.20 Å². The number of anilines is 1. The molecule has 0 bridgehead atoms. The molecule has 21 heavy (non-hydrogen) atoms. The normalized spacial score (nSPS) is 10.5. The second-order valence-electron chi connectivity index (χ2n) is 4.83. The zero-order valence-electron chi connectivity index (χ0n) is 12.1.